The quantitative estimate of drug-likeness (QED) is 0.821. The number of nitrogens with two attached hydrogens (primary N) is 1. The zero-order chi connectivity index (χ0) is 15.2. The summed E-state index contributed by atoms with van der Waals surface area (Å²) in [4.78, 5) is 12.4. The lowest BCUT2D eigenvalue weighted by Gasteiger charge is -2.27. The molecule has 3 nitrogen and oxygen atoms in total. The van der Waals surface area contributed by atoms with Gasteiger partial charge in [0.1, 0.15) is 5.82 Å². The smallest absolute Gasteiger partial charge is 0.252 e. The SMILES string of the molecule is CC1CCC(NC(=O)c2ccc(F)cc2C#CCN)CC1. The maximum Gasteiger partial charge on any atom is 0.252 e. The fourth-order valence-corrected chi connectivity index (χ4v) is 2.63. The van der Waals surface area contributed by atoms with E-state index >= 15 is 0 Å². The molecule has 1 amide bonds. The Labute approximate surface area is 125 Å². The first-order valence-electron chi connectivity index (χ1n) is 7.39. The molecule has 0 bridgehead atoms. The highest BCUT2D eigenvalue weighted by Gasteiger charge is 2.21. The molecule has 0 radical (unpaired) electrons. The van der Waals surface area contributed by atoms with E-state index in [-0.39, 0.29) is 18.5 Å². The van der Waals surface area contributed by atoms with Crippen molar-refractivity contribution >= 4 is 5.91 Å². The van der Waals surface area contributed by atoms with Gasteiger partial charge in [-0.3, -0.25) is 4.79 Å². The average molecular weight is 288 g/mol. The van der Waals surface area contributed by atoms with Gasteiger partial charge in [0.25, 0.3) is 5.91 Å². The number of nitrogens with one attached hydrogen (secondary N) is 1. The molecule has 1 fully saturated rings. The molecule has 4 heteroatoms. The van der Waals surface area contributed by atoms with E-state index in [9.17, 15) is 9.18 Å². The van der Waals surface area contributed by atoms with Crippen LogP contribution in [0.15, 0.2) is 18.2 Å². The summed E-state index contributed by atoms with van der Waals surface area (Å²) in [6, 6.07) is 4.25. The maximum atomic E-state index is 13.3. The molecule has 2 rings (SSSR count). The molecule has 1 aliphatic carbocycles. The van der Waals surface area contributed by atoms with Gasteiger partial charge >= 0.3 is 0 Å². The average Bonchev–Trinajstić information content (AvgIpc) is 2.47. The van der Waals surface area contributed by atoms with Crippen LogP contribution in [0.4, 0.5) is 4.39 Å². The zero-order valence-corrected chi connectivity index (χ0v) is 12.3. The number of carbonyl (C=O) groups excluding carboxylic acids is 1. The highest BCUT2D eigenvalue weighted by atomic mass is 19.1. The van der Waals surface area contributed by atoms with Crippen LogP contribution in [-0.2, 0) is 0 Å². The molecular formula is C17H21FN2O. The Balaban J connectivity index is 2.11. The second-order valence-corrected chi connectivity index (χ2v) is 5.63. The molecule has 3 N–H and O–H groups in total. The summed E-state index contributed by atoms with van der Waals surface area (Å²) in [7, 11) is 0. The van der Waals surface area contributed by atoms with E-state index in [1.54, 1.807) is 0 Å². The summed E-state index contributed by atoms with van der Waals surface area (Å²) >= 11 is 0. The van der Waals surface area contributed by atoms with Crippen LogP contribution in [0, 0.1) is 23.6 Å². The molecule has 21 heavy (non-hydrogen) atoms. The van der Waals surface area contributed by atoms with E-state index in [0.717, 1.165) is 31.6 Å². The van der Waals surface area contributed by atoms with Gasteiger partial charge in [0.2, 0.25) is 0 Å². The number of benzene rings is 1. The van der Waals surface area contributed by atoms with Gasteiger partial charge in [0, 0.05) is 11.6 Å². The second-order valence-electron chi connectivity index (χ2n) is 5.63. The first-order valence-corrected chi connectivity index (χ1v) is 7.39. The number of hydrogen-bond donors (Lipinski definition) is 2. The summed E-state index contributed by atoms with van der Waals surface area (Å²) in [5, 5.41) is 3.03. The van der Waals surface area contributed by atoms with Crippen molar-refractivity contribution in [1.29, 1.82) is 0 Å². The second kappa shape index (κ2) is 7.24. The zero-order valence-electron chi connectivity index (χ0n) is 12.3. The summed E-state index contributed by atoms with van der Waals surface area (Å²) in [6.07, 6.45) is 4.26. The van der Waals surface area contributed by atoms with Crippen molar-refractivity contribution in [3.05, 3.63) is 35.1 Å². The summed E-state index contributed by atoms with van der Waals surface area (Å²) in [6.45, 7) is 2.41. The molecule has 1 saturated carbocycles. The Bertz CT molecular complexity index is 566. The molecule has 0 spiro atoms. The van der Waals surface area contributed by atoms with Crippen LogP contribution in [0.1, 0.15) is 48.5 Å². The van der Waals surface area contributed by atoms with E-state index in [1.807, 2.05) is 0 Å². The van der Waals surface area contributed by atoms with Crippen molar-refractivity contribution in [2.45, 2.75) is 38.6 Å². The van der Waals surface area contributed by atoms with Gasteiger partial charge in [-0.05, 0) is 49.8 Å². The van der Waals surface area contributed by atoms with Crippen molar-refractivity contribution in [3.63, 3.8) is 0 Å². The third kappa shape index (κ3) is 4.30. The van der Waals surface area contributed by atoms with Crippen molar-refractivity contribution in [2.24, 2.45) is 11.7 Å². The lowest BCUT2D eigenvalue weighted by molar-refractivity contribution is 0.0922. The van der Waals surface area contributed by atoms with Crippen LogP contribution in [0.25, 0.3) is 0 Å². The highest BCUT2D eigenvalue weighted by Crippen LogP contribution is 2.23. The molecule has 0 aromatic heterocycles. The van der Waals surface area contributed by atoms with Crippen molar-refractivity contribution < 1.29 is 9.18 Å². The Morgan fingerprint density at radius 2 is 2.10 bits per heavy atom. The topological polar surface area (TPSA) is 55.1 Å². The lowest BCUT2D eigenvalue weighted by Crippen LogP contribution is -2.37. The standard InChI is InChI=1S/C17H21FN2O/c1-12-4-7-15(8-5-12)20-17(21)16-9-6-14(18)11-13(16)3-2-10-19/h6,9,11-12,15H,4-5,7-8,10,19H2,1H3,(H,20,21). The molecule has 112 valence electrons. The van der Waals surface area contributed by atoms with E-state index in [4.69, 9.17) is 5.73 Å². The largest absolute Gasteiger partial charge is 0.349 e. The summed E-state index contributed by atoms with van der Waals surface area (Å²) in [5.41, 5.74) is 6.14. The van der Waals surface area contributed by atoms with Gasteiger partial charge in [0.15, 0.2) is 0 Å². The van der Waals surface area contributed by atoms with Crippen LogP contribution >= 0.6 is 0 Å². The van der Waals surface area contributed by atoms with Crippen molar-refractivity contribution in [1.82, 2.24) is 5.32 Å². The molecule has 0 unspecified atom stereocenters. The first-order chi connectivity index (χ1) is 10.1. The van der Waals surface area contributed by atoms with Gasteiger partial charge in [-0.25, -0.2) is 4.39 Å². The van der Waals surface area contributed by atoms with E-state index < -0.39 is 5.82 Å². The van der Waals surface area contributed by atoms with E-state index in [0.29, 0.717) is 11.1 Å². The Kier molecular flexibility index (Phi) is 5.35. The normalized spacial score (nSPS) is 21.3. The van der Waals surface area contributed by atoms with Crippen LogP contribution in [0.2, 0.25) is 0 Å². The molecule has 1 aliphatic rings. The van der Waals surface area contributed by atoms with Crippen LogP contribution in [-0.4, -0.2) is 18.5 Å². The lowest BCUT2D eigenvalue weighted by atomic mass is 9.87. The third-order valence-corrected chi connectivity index (χ3v) is 3.90. The molecule has 1 aromatic rings. The minimum atomic E-state index is -0.403. The van der Waals surface area contributed by atoms with E-state index in [1.165, 1.54) is 18.2 Å². The minimum absolute atomic E-state index is 0.179. The summed E-state index contributed by atoms with van der Waals surface area (Å²) in [5.74, 6) is 5.57. The molecule has 1 aromatic carbocycles. The predicted octanol–water partition coefficient (Wildman–Crippen LogP) is 2.44. The first kappa shape index (κ1) is 15.5. The van der Waals surface area contributed by atoms with Gasteiger partial charge in [-0.2, -0.15) is 0 Å². The molecule has 0 saturated heterocycles. The Morgan fingerprint density at radius 1 is 1.38 bits per heavy atom. The summed E-state index contributed by atoms with van der Waals surface area (Å²) < 4.78 is 13.3. The van der Waals surface area contributed by atoms with Crippen LogP contribution in [0.5, 0.6) is 0 Å². The molecular weight excluding hydrogens is 267 g/mol. The van der Waals surface area contributed by atoms with E-state index in [2.05, 4.69) is 24.1 Å². The fourth-order valence-electron chi connectivity index (χ4n) is 2.63. The molecule has 0 heterocycles. The number of amides is 1. The molecule has 0 aliphatic heterocycles. The fraction of sp³-hybridized carbons (Fsp3) is 0.471. The highest BCUT2D eigenvalue weighted by molar-refractivity contribution is 5.96. The molecule has 0 atom stereocenters. The Hall–Kier alpha value is -1.86. The minimum Gasteiger partial charge on any atom is -0.349 e. The number of halogens is 1. The van der Waals surface area contributed by atoms with Gasteiger partial charge in [-0.1, -0.05) is 18.8 Å². The van der Waals surface area contributed by atoms with Gasteiger partial charge in [0.05, 0.1) is 12.1 Å². The van der Waals surface area contributed by atoms with Crippen molar-refractivity contribution in [3.8, 4) is 11.8 Å². The number of rotatable bonds is 2. The maximum absolute atomic E-state index is 13.3. The monoisotopic (exact) mass is 288 g/mol. The predicted molar refractivity (Wildman–Crippen MR) is 81.2 cm³/mol. The van der Waals surface area contributed by atoms with Crippen molar-refractivity contribution in [2.75, 3.05) is 6.54 Å². The third-order valence-electron chi connectivity index (χ3n) is 3.90. The number of carbonyl (C=O) groups is 1. The van der Waals surface area contributed by atoms with Crippen LogP contribution in [0.3, 0.4) is 0 Å². The van der Waals surface area contributed by atoms with Gasteiger partial charge in [-0.15, -0.1) is 0 Å². The van der Waals surface area contributed by atoms with Gasteiger partial charge < -0.3 is 11.1 Å². The van der Waals surface area contributed by atoms with Crippen LogP contribution < -0.4 is 11.1 Å². The number of hydrogen-bond acceptors (Lipinski definition) is 2. The Morgan fingerprint density at radius 3 is 2.76 bits per heavy atom.